The van der Waals surface area contributed by atoms with Crippen molar-refractivity contribution in [2.75, 3.05) is 0 Å². The first-order valence-corrected chi connectivity index (χ1v) is 8.19. The average molecular weight is 314 g/mol. The normalized spacial score (nSPS) is 12.5. The number of nitrogens with one attached hydrogen (secondary N) is 1. The van der Waals surface area contributed by atoms with Crippen molar-refractivity contribution in [2.45, 2.75) is 32.9 Å². The summed E-state index contributed by atoms with van der Waals surface area (Å²) in [5, 5.41) is 5.92. The van der Waals surface area contributed by atoms with Gasteiger partial charge in [0.05, 0.1) is 29.6 Å². The van der Waals surface area contributed by atoms with Gasteiger partial charge in [0, 0.05) is 5.38 Å². The monoisotopic (exact) mass is 314 g/mol. The van der Waals surface area contributed by atoms with E-state index < -0.39 is 0 Å². The van der Waals surface area contributed by atoms with Crippen molar-refractivity contribution in [3.8, 4) is 0 Å². The highest BCUT2D eigenvalue weighted by Crippen LogP contribution is 2.17. The van der Waals surface area contributed by atoms with Crippen molar-refractivity contribution in [1.82, 2.24) is 19.9 Å². The number of benzene rings is 1. The van der Waals surface area contributed by atoms with Crippen LogP contribution in [0.3, 0.4) is 0 Å². The Morgan fingerprint density at radius 2 is 2.23 bits per heavy atom. The van der Waals surface area contributed by atoms with Crippen molar-refractivity contribution in [3.05, 3.63) is 46.7 Å². The van der Waals surface area contributed by atoms with Crippen LogP contribution in [-0.4, -0.2) is 20.4 Å². The van der Waals surface area contributed by atoms with Crippen LogP contribution in [0.2, 0.25) is 0 Å². The zero-order valence-electron chi connectivity index (χ0n) is 12.6. The number of carbonyl (C=O) groups excluding carboxylic acids is 1. The van der Waals surface area contributed by atoms with E-state index in [4.69, 9.17) is 0 Å². The van der Waals surface area contributed by atoms with Gasteiger partial charge in [0.15, 0.2) is 0 Å². The molecule has 2 aromatic heterocycles. The van der Waals surface area contributed by atoms with Crippen LogP contribution in [0.15, 0.2) is 36.0 Å². The van der Waals surface area contributed by atoms with Crippen LogP contribution in [0.4, 0.5) is 0 Å². The highest BCUT2D eigenvalue weighted by molar-refractivity contribution is 7.09. The molecule has 0 bridgehead atoms. The SMILES string of the molecule is CCc1csc(CNC(=O)[C@@H](C)n2cnc3ccccc32)n1. The summed E-state index contributed by atoms with van der Waals surface area (Å²) in [6.07, 6.45) is 2.63. The third kappa shape index (κ3) is 2.87. The molecular formula is C16H18N4OS. The third-order valence-electron chi connectivity index (χ3n) is 3.65. The highest BCUT2D eigenvalue weighted by atomic mass is 32.1. The van der Waals surface area contributed by atoms with Crippen LogP contribution in [0.25, 0.3) is 11.0 Å². The Balaban J connectivity index is 1.69. The van der Waals surface area contributed by atoms with Gasteiger partial charge in [-0.3, -0.25) is 4.79 Å². The number of carbonyl (C=O) groups is 1. The molecule has 114 valence electrons. The number of imidazole rings is 1. The van der Waals surface area contributed by atoms with E-state index in [1.54, 1.807) is 17.7 Å². The zero-order valence-corrected chi connectivity index (χ0v) is 13.4. The summed E-state index contributed by atoms with van der Waals surface area (Å²) in [5.74, 6) is -0.0311. The molecular weight excluding hydrogens is 296 g/mol. The molecule has 0 aliphatic heterocycles. The fourth-order valence-electron chi connectivity index (χ4n) is 2.32. The first kappa shape index (κ1) is 14.7. The van der Waals surface area contributed by atoms with E-state index in [0.717, 1.165) is 28.2 Å². The number of aromatic nitrogens is 3. The van der Waals surface area contributed by atoms with Crippen LogP contribution in [0.5, 0.6) is 0 Å². The number of fused-ring (bicyclic) bond motifs is 1. The summed E-state index contributed by atoms with van der Waals surface area (Å²) in [7, 11) is 0. The molecule has 0 fully saturated rings. The van der Waals surface area contributed by atoms with E-state index in [2.05, 4.69) is 22.2 Å². The molecule has 1 N–H and O–H groups in total. The summed E-state index contributed by atoms with van der Waals surface area (Å²) >= 11 is 1.58. The Kier molecular flexibility index (Phi) is 4.20. The summed E-state index contributed by atoms with van der Waals surface area (Å²) < 4.78 is 1.89. The molecule has 0 saturated heterocycles. The number of nitrogens with zero attached hydrogens (tertiary/aromatic N) is 3. The highest BCUT2D eigenvalue weighted by Gasteiger charge is 2.17. The van der Waals surface area contributed by atoms with Gasteiger partial charge in [-0.1, -0.05) is 19.1 Å². The fourth-order valence-corrected chi connectivity index (χ4v) is 3.13. The van der Waals surface area contributed by atoms with Crippen LogP contribution < -0.4 is 5.32 Å². The molecule has 1 aromatic carbocycles. The van der Waals surface area contributed by atoms with Gasteiger partial charge in [-0.25, -0.2) is 9.97 Å². The topological polar surface area (TPSA) is 59.8 Å². The molecule has 5 nitrogen and oxygen atoms in total. The lowest BCUT2D eigenvalue weighted by molar-refractivity contribution is -0.123. The summed E-state index contributed by atoms with van der Waals surface area (Å²) in [4.78, 5) is 21.1. The summed E-state index contributed by atoms with van der Waals surface area (Å²) in [6.45, 7) is 4.42. The van der Waals surface area contributed by atoms with Gasteiger partial charge >= 0.3 is 0 Å². The summed E-state index contributed by atoms with van der Waals surface area (Å²) in [5.41, 5.74) is 2.94. The van der Waals surface area contributed by atoms with Gasteiger partial charge in [0.25, 0.3) is 0 Å². The van der Waals surface area contributed by atoms with E-state index in [-0.39, 0.29) is 11.9 Å². The largest absolute Gasteiger partial charge is 0.348 e. The zero-order chi connectivity index (χ0) is 15.5. The molecule has 0 aliphatic carbocycles. The predicted octanol–water partition coefficient (Wildman–Crippen LogP) is 2.93. The minimum absolute atomic E-state index is 0.0311. The Morgan fingerprint density at radius 3 is 3.00 bits per heavy atom. The van der Waals surface area contributed by atoms with Crippen molar-refractivity contribution >= 4 is 28.3 Å². The minimum atomic E-state index is -0.307. The third-order valence-corrected chi connectivity index (χ3v) is 4.55. The molecule has 0 unspecified atom stereocenters. The van der Waals surface area contributed by atoms with Gasteiger partial charge in [-0.15, -0.1) is 11.3 Å². The molecule has 6 heteroatoms. The Bertz CT molecular complexity index is 792. The molecule has 1 atom stereocenters. The Labute approximate surface area is 133 Å². The van der Waals surface area contributed by atoms with Crippen LogP contribution in [-0.2, 0) is 17.8 Å². The lowest BCUT2D eigenvalue weighted by Crippen LogP contribution is -2.30. The van der Waals surface area contributed by atoms with E-state index in [1.165, 1.54) is 0 Å². The average Bonchev–Trinajstić information content (AvgIpc) is 3.18. The molecule has 0 saturated carbocycles. The maximum absolute atomic E-state index is 12.4. The van der Waals surface area contributed by atoms with Crippen LogP contribution >= 0.6 is 11.3 Å². The van der Waals surface area contributed by atoms with E-state index in [9.17, 15) is 4.79 Å². The van der Waals surface area contributed by atoms with Crippen LogP contribution in [0.1, 0.15) is 30.6 Å². The van der Waals surface area contributed by atoms with E-state index >= 15 is 0 Å². The molecule has 0 aliphatic rings. The molecule has 3 aromatic rings. The maximum atomic E-state index is 12.4. The summed E-state index contributed by atoms with van der Waals surface area (Å²) in [6, 6.07) is 7.50. The lowest BCUT2D eigenvalue weighted by Gasteiger charge is -2.14. The molecule has 2 heterocycles. The van der Waals surface area contributed by atoms with Crippen molar-refractivity contribution in [2.24, 2.45) is 0 Å². The van der Waals surface area contributed by atoms with Crippen molar-refractivity contribution in [1.29, 1.82) is 0 Å². The number of aryl methyl sites for hydroxylation is 1. The predicted molar refractivity (Wildman–Crippen MR) is 87.8 cm³/mol. The molecule has 0 spiro atoms. The Hall–Kier alpha value is -2.21. The smallest absolute Gasteiger partial charge is 0.243 e. The standard InChI is InChI=1S/C16H18N4OS/c1-3-12-9-22-15(19-12)8-17-16(21)11(2)20-10-18-13-6-4-5-7-14(13)20/h4-7,9-11H,3,8H2,1-2H3,(H,17,21)/t11-/m1/s1. The molecule has 3 rings (SSSR count). The number of rotatable bonds is 5. The van der Waals surface area contributed by atoms with Gasteiger partial charge in [0.2, 0.25) is 5.91 Å². The number of hydrogen-bond donors (Lipinski definition) is 1. The van der Waals surface area contributed by atoms with Gasteiger partial charge in [-0.2, -0.15) is 0 Å². The second kappa shape index (κ2) is 6.27. The van der Waals surface area contributed by atoms with Crippen LogP contribution in [0, 0.1) is 0 Å². The quantitative estimate of drug-likeness (QED) is 0.787. The molecule has 22 heavy (non-hydrogen) atoms. The van der Waals surface area contributed by atoms with E-state index in [0.29, 0.717) is 6.54 Å². The van der Waals surface area contributed by atoms with E-state index in [1.807, 2.05) is 41.1 Å². The fraction of sp³-hybridized carbons (Fsp3) is 0.312. The number of hydrogen-bond acceptors (Lipinski definition) is 4. The Morgan fingerprint density at radius 1 is 1.41 bits per heavy atom. The lowest BCUT2D eigenvalue weighted by atomic mass is 10.2. The first-order chi connectivity index (χ1) is 10.7. The molecule has 1 amide bonds. The minimum Gasteiger partial charge on any atom is -0.348 e. The first-order valence-electron chi connectivity index (χ1n) is 7.31. The molecule has 0 radical (unpaired) electrons. The number of para-hydroxylation sites is 2. The maximum Gasteiger partial charge on any atom is 0.243 e. The van der Waals surface area contributed by atoms with Gasteiger partial charge in [0.1, 0.15) is 11.0 Å². The second-order valence-electron chi connectivity index (χ2n) is 5.12. The van der Waals surface area contributed by atoms with Gasteiger partial charge < -0.3 is 9.88 Å². The number of thiazole rings is 1. The van der Waals surface area contributed by atoms with Gasteiger partial charge in [-0.05, 0) is 25.5 Å². The second-order valence-corrected chi connectivity index (χ2v) is 6.06. The van der Waals surface area contributed by atoms with Crippen molar-refractivity contribution in [3.63, 3.8) is 0 Å². The van der Waals surface area contributed by atoms with Crippen molar-refractivity contribution < 1.29 is 4.79 Å². The number of amides is 1.